The van der Waals surface area contributed by atoms with Crippen LogP contribution >= 0.6 is 0 Å². The lowest BCUT2D eigenvalue weighted by Gasteiger charge is -2.35. The first kappa shape index (κ1) is 13.4. The molecule has 1 fully saturated rings. The minimum atomic E-state index is -0.328. The second kappa shape index (κ2) is 4.93. The summed E-state index contributed by atoms with van der Waals surface area (Å²) < 4.78 is 0. The number of rotatable bonds is 1. The molecule has 0 saturated carbocycles. The van der Waals surface area contributed by atoms with Gasteiger partial charge in [-0.15, -0.1) is 0 Å². The van der Waals surface area contributed by atoms with Crippen LogP contribution in [0.25, 0.3) is 0 Å². The molecule has 100 valence electrons. The number of likely N-dealkylation sites (tertiary alicyclic amines) is 1. The number of hydrogen-bond donors (Lipinski definition) is 1. The number of aromatic hydroxyl groups is 1. The molecule has 0 radical (unpaired) electrons. The first-order valence-electron chi connectivity index (χ1n) is 6.45. The molecule has 19 heavy (non-hydrogen) atoms. The molecule has 1 aromatic carbocycles. The van der Waals surface area contributed by atoms with E-state index in [1.165, 1.54) is 0 Å². The van der Waals surface area contributed by atoms with Crippen LogP contribution < -0.4 is 0 Å². The van der Waals surface area contributed by atoms with Gasteiger partial charge in [0, 0.05) is 13.1 Å². The predicted octanol–water partition coefficient (Wildman–Crippen LogP) is 2.47. The summed E-state index contributed by atoms with van der Waals surface area (Å²) >= 11 is 0. The highest BCUT2D eigenvalue weighted by Crippen LogP contribution is 2.31. The Labute approximate surface area is 113 Å². The average Bonchev–Trinajstić information content (AvgIpc) is 2.42. The van der Waals surface area contributed by atoms with Gasteiger partial charge in [0.05, 0.1) is 17.0 Å². The number of carbonyl (C=O) groups excluding carboxylic acids is 1. The van der Waals surface area contributed by atoms with E-state index in [-0.39, 0.29) is 17.1 Å². The van der Waals surface area contributed by atoms with Crippen molar-refractivity contribution >= 4 is 5.91 Å². The number of aryl methyl sites for hydroxylation is 1. The summed E-state index contributed by atoms with van der Waals surface area (Å²) in [5, 5.41) is 18.9. The standard InChI is InChI=1S/C15H18N2O2/c1-11-3-4-13(18)12(9-11)14(19)17-7-5-15(2,10-16)6-8-17/h3-4,9,18H,5-8H2,1-2H3. The van der Waals surface area contributed by atoms with Gasteiger partial charge >= 0.3 is 0 Å². The topological polar surface area (TPSA) is 64.3 Å². The van der Waals surface area contributed by atoms with Crippen LogP contribution in [-0.2, 0) is 0 Å². The van der Waals surface area contributed by atoms with E-state index in [1.54, 1.807) is 23.1 Å². The maximum atomic E-state index is 12.4. The van der Waals surface area contributed by atoms with Gasteiger partial charge < -0.3 is 10.0 Å². The van der Waals surface area contributed by atoms with E-state index in [1.807, 2.05) is 13.8 Å². The number of phenols is 1. The number of hydrogen-bond acceptors (Lipinski definition) is 3. The fourth-order valence-electron chi connectivity index (χ4n) is 2.31. The van der Waals surface area contributed by atoms with Gasteiger partial charge in [-0.2, -0.15) is 5.26 Å². The van der Waals surface area contributed by atoms with E-state index < -0.39 is 0 Å². The second-order valence-corrected chi connectivity index (χ2v) is 5.49. The highest BCUT2D eigenvalue weighted by molar-refractivity contribution is 5.97. The Bertz CT molecular complexity index is 538. The lowest BCUT2D eigenvalue weighted by molar-refractivity contribution is 0.0658. The van der Waals surface area contributed by atoms with Gasteiger partial charge in [0.25, 0.3) is 5.91 Å². The highest BCUT2D eigenvalue weighted by atomic mass is 16.3. The van der Waals surface area contributed by atoms with Crippen molar-refractivity contribution in [2.75, 3.05) is 13.1 Å². The molecule has 4 nitrogen and oxygen atoms in total. The van der Waals surface area contributed by atoms with Gasteiger partial charge in [0.1, 0.15) is 5.75 Å². The third-order valence-electron chi connectivity index (χ3n) is 3.81. The summed E-state index contributed by atoms with van der Waals surface area (Å²) in [7, 11) is 0. The highest BCUT2D eigenvalue weighted by Gasteiger charge is 2.32. The largest absolute Gasteiger partial charge is 0.507 e. The lowest BCUT2D eigenvalue weighted by atomic mass is 9.82. The molecular formula is C15H18N2O2. The summed E-state index contributed by atoms with van der Waals surface area (Å²) in [5.74, 6) is -0.134. The molecule has 1 aliphatic heterocycles. The minimum Gasteiger partial charge on any atom is -0.507 e. The lowest BCUT2D eigenvalue weighted by Crippen LogP contribution is -2.41. The number of carbonyl (C=O) groups is 1. The Morgan fingerprint density at radius 3 is 2.63 bits per heavy atom. The van der Waals surface area contributed by atoms with Crippen molar-refractivity contribution in [1.29, 1.82) is 5.26 Å². The summed E-state index contributed by atoms with van der Waals surface area (Å²) in [6, 6.07) is 7.34. The molecule has 0 bridgehead atoms. The maximum absolute atomic E-state index is 12.4. The number of amides is 1. The van der Waals surface area contributed by atoms with Gasteiger partial charge in [0.15, 0.2) is 0 Å². The van der Waals surface area contributed by atoms with Crippen molar-refractivity contribution in [3.05, 3.63) is 29.3 Å². The number of nitrogens with zero attached hydrogens (tertiary/aromatic N) is 2. The Balaban J connectivity index is 2.14. The Kier molecular flexibility index (Phi) is 3.48. The number of benzene rings is 1. The molecule has 1 saturated heterocycles. The molecular weight excluding hydrogens is 240 g/mol. The Morgan fingerprint density at radius 1 is 1.42 bits per heavy atom. The Morgan fingerprint density at radius 2 is 2.05 bits per heavy atom. The van der Waals surface area contributed by atoms with Crippen molar-refractivity contribution in [1.82, 2.24) is 4.90 Å². The SMILES string of the molecule is Cc1ccc(O)c(C(=O)N2CCC(C)(C#N)CC2)c1. The molecule has 1 N–H and O–H groups in total. The molecule has 0 atom stereocenters. The molecule has 1 aliphatic rings. The van der Waals surface area contributed by atoms with E-state index >= 15 is 0 Å². The van der Waals surface area contributed by atoms with Gasteiger partial charge in [-0.25, -0.2) is 0 Å². The maximum Gasteiger partial charge on any atom is 0.257 e. The number of phenolic OH excluding ortho intramolecular Hbond substituents is 1. The van der Waals surface area contributed by atoms with E-state index in [0.717, 1.165) is 5.56 Å². The average molecular weight is 258 g/mol. The molecule has 0 spiro atoms. The summed E-state index contributed by atoms with van der Waals surface area (Å²) in [6.07, 6.45) is 1.36. The second-order valence-electron chi connectivity index (χ2n) is 5.49. The predicted molar refractivity (Wildman–Crippen MR) is 71.7 cm³/mol. The zero-order chi connectivity index (χ0) is 14.0. The van der Waals surface area contributed by atoms with Crippen LogP contribution in [0.5, 0.6) is 5.75 Å². The molecule has 1 heterocycles. The van der Waals surface area contributed by atoms with Crippen LogP contribution in [0.2, 0.25) is 0 Å². The molecule has 1 aromatic rings. The third kappa shape index (κ3) is 2.70. The van der Waals surface area contributed by atoms with E-state index in [2.05, 4.69) is 6.07 Å². The van der Waals surface area contributed by atoms with Crippen molar-refractivity contribution in [3.8, 4) is 11.8 Å². The first-order chi connectivity index (χ1) is 8.95. The van der Waals surface area contributed by atoms with Crippen molar-refractivity contribution < 1.29 is 9.90 Å². The van der Waals surface area contributed by atoms with Gasteiger partial charge in [-0.3, -0.25) is 4.79 Å². The zero-order valence-electron chi connectivity index (χ0n) is 11.3. The summed E-state index contributed by atoms with van der Waals surface area (Å²) in [5.41, 5.74) is 0.964. The fraction of sp³-hybridized carbons (Fsp3) is 0.467. The third-order valence-corrected chi connectivity index (χ3v) is 3.81. The monoisotopic (exact) mass is 258 g/mol. The molecule has 4 heteroatoms. The quantitative estimate of drug-likeness (QED) is 0.841. The van der Waals surface area contributed by atoms with Crippen LogP contribution in [0.1, 0.15) is 35.7 Å². The van der Waals surface area contributed by atoms with E-state index in [9.17, 15) is 9.90 Å². The number of nitriles is 1. The van der Waals surface area contributed by atoms with Crippen molar-refractivity contribution in [2.24, 2.45) is 5.41 Å². The minimum absolute atomic E-state index is 0.0178. The van der Waals surface area contributed by atoms with Crippen molar-refractivity contribution in [2.45, 2.75) is 26.7 Å². The van der Waals surface area contributed by atoms with Crippen LogP contribution in [-0.4, -0.2) is 29.0 Å². The van der Waals surface area contributed by atoms with Crippen LogP contribution in [0.4, 0.5) is 0 Å². The molecule has 0 unspecified atom stereocenters. The first-order valence-corrected chi connectivity index (χ1v) is 6.45. The van der Waals surface area contributed by atoms with Crippen LogP contribution in [0, 0.1) is 23.7 Å². The molecule has 0 aromatic heterocycles. The molecule has 0 aliphatic carbocycles. The van der Waals surface area contributed by atoms with Crippen LogP contribution in [0.3, 0.4) is 0 Å². The smallest absolute Gasteiger partial charge is 0.257 e. The fourth-order valence-corrected chi connectivity index (χ4v) is 2.31. The van der Waals surface area contributed by atoms with Gasteiger partial charge in [0.2, 0.25) is 0 Å². The Hall–Kier alpha value is -2.02. The van der Waals surface area contributed by atoms with Crippen LogP contribution in [0.15, 0.2) is 18.2 Å². The van der Waals surface area contributed by atoms with E-state index in [4.69, 9.17) is 5.26 Å². The van der Waals surface area contributed by atoms with E-state index in [0.29, 0.717) is 31.5 Å². The normalized spacial score (nSPS) is 17.8. The van der Waals surface area contributed by atoms with Gasteiger partial charge in [-0.05, 0) is 38.8 Å². The van der Waals surface area contributed by atoms with Crippen molar-refractivity contribution in [3.63, 3.8) is 0 Å². The summed E-state index contributed by atoms with van der Waals surface area (Å²) in [6.45, 7) is 4.95. The number of piperidine rings is 1. The summed E-state index contributed by atoms with van der Waals surface area (Å²) in [4.78, 5) is 14.1. The molecule has 1 amide bonds. The zero-order valence-corrected chi connectivity index (χ0v) is 11.3. The molecule has 2 rings (SSSR count). The van der Waals surface area contributed by atoms with Gasteiger partial charge in [-0.1, -0.05) is 11.6 Å².